The third kappa shape index (κ3) is 9.80. The zero-order chi connectivity index (χ0) is 23.6. The first-order chi connectivity index (χ1) is 15.6. The minimum Gasteiger partial charge on any atom is -0.463 e. The Kier molecular flexibility index (Phi) is 13.1. The molecule has 0 saturated heterocycles. The molecule has 0 saturated carbocycles. The van der Waals surface area contributed by atoms with E-state index >= 15 is 0 Å². The van der Waals surface area contributed by atoms with E-state index in [2.05, 4.69) is 20.0 Å². The van der Waals surface area contributed by atoms with Gasteiger partial charge in [-0.25, -0.2) is 29.2 Å². The Morgan fingerprint density at radius 2 is 1.16 bits per heavy atom. The maximum Gasteiger partial charge on any atom is 0.310 e. The van der Waals surface area contributed by atoms with E-state index in [1.807, 2.05) is 0 Å². The van der Waals surface area contributed by atoms with Gasteiger partial charge in [-0.05, 0) is 25.7 Å². The topological polar surface area (TPSA) is 170 Å². The molecule has 12 heteroatoms. The lowest BCUT2D eigenvalue weighted by Gasteiger charge is -2.26. The first-order valence-corrected chi connectivity index (χ1v) is 9.76. The van der Waals surface area contributed by atoms with Gasteiger partial charge in [-0.3, -0.25) is 9.59 Å². The SMILES string of the molecule is O=C=NCCC(COC(=O)C1CC=CCC1C(=O)OCC(CCN=C=O)N=C=O)N=C=O. The quantitative estimate of drug-likeness (QED) is 0.161. The Hall–Kier alpha value is -3.80. The molecular weight excluding hydrogens is 424 g/mol. The summed E-state index contributed by atoms with van der Waals surface area (Å²) in [6.45, 7) is -0.364. The number of hydrogen-bond donors (Lipinski definition) is 0. The van der Waals surface area contributed by atoms with Crippen molar-refractivity contribution < 1.29 is 38.2 Å². The Labute approximate surface area is 183 Å². The van der Waals surface area contributed by atoms with Crippen LogP contribution in [0.2, 0.25) is 0 Å². The summed E-state index contributed by atoms with van der Waals surface area (Å²) in [5, 5.41) is 0. The predicted octanol–water partition coefficient (Wildman–Crippen LogP) is 0.516. The van der Waals surface area contributed by atoms with Crippen LogP contribution in [0.4, 0.5) is 0 Å². The van der Waals surface area contributed by atoms with Gasteiger partial charge in [0.25, 0.3) is 0 Å². The summed E-state index contributed by atoms with van der Waals surface area (Å²) in [7, 11) is 0. The summed E-state index contributed by atoms with van der Waals surface area (Å²) in [5.41, 5.74) is 0. The molecule has 0 amide bonds. The third-order valence-corrected chi connectivity index (χ3v) is 4.62. The van der Waals surface area contributed by atoms with Crippen LogP contribution in [0.5, 0.6) is 0 Å². The fourth-order valence-electron chi connectivity index (χ4n) is 2.94. The van der Waals surface area contributed by atoms with Gasteiger partial charge in [-0.15, -0.1) is 0 Å². The number of carbonyl (C=O) groups is 2. The lowest BCUT2D eigenvalue weighted by molar-refractivity contribution is -0.161. The zero-order valence-corrected chi connectivity index (χ0v) is 17.2. The molecule has 12 nitrogen and oxygen atoms in total. The van der Waals surface area contributed by atoms with Crippen molar-refractivity contribution in [2.75, 3.05) is 26.3 Å². The maximum absolute atomic E-state index is 12.6. The lowest BCUT2D eigenvalue weighted by atomic mass is 9.83. The van der Waals surface area contributed by atoms with Crippen LogP contribution >= 0.6 is 0 Å². The number of isocyanates is 4. The normalized spacial score (nSPS) is 18.4. The van der Waals surface area contributed by atoms with Crippen molar-refractivity contribution in [3.63, 3.8) is 0 Å². The Morgan fingerprint density at radius 3 is 1.50 bits per heavy atom. The highest BCUT2D eigenvalue weighted by atomic mass is 16.5. The van der Waals surface area contributed by atoms with Crippen molar-refractivity contribution in [1.29, 1.82) is 0 Å². The number of hydrogen-bond acceptors (Lipinski definition) is 12. The molecule has 4 atom stereocenters. The van der Waals surface area contributed by atoms with Gasteiger partial charge in [0.1, 0.15) is 13.2 Å². The van der Waals surface area contributed by atoms with Crippen molar-refractivity contribution in [1.82, 2.24) is 0 Å². The maximum atomic E-state index is 12.6. The first kappa shape index (κ1) is 26.2. The van der Waals surface area contributed by atoms with Crippen LogP contribution in [0.25, 0.3) is 0 Å². The molecule has 0 radical (unpaired) electrons. The molecule has 0 aromatic carbocycles. The Balaban J connectivity index is 2.69. The summed E-state index contributed by atoms with van der Waals surface area (Å²) < 4.78 is 10.4. The van der Waals surface area contributed by atoms with E-state index in [1.54, 1.807) is 12.2 Å². The summed E-state index contributed by atoms with van der Waals surface area (Å²) in [5.74, 6) is -2.95. The monoisotopic (exact) mass is 446 g/mol. The van der Waals surface area contributed by atoms with Gasteiger partial charge in [-0.2, -0.15) is 9.98 Å². The van der Waals surface area contributed by atoms with Gasteiger partial charge in [0, 0.05) is 0 Å². The van der Waals surface area contributed by atoms with E-state index in [-0.39, 0.29) is 52.0 Å². The summed E-state index contributed by atoms with van der Waals surface area (Å²) >= 11 is 0. The van der Waals surface area contributed by atoms with Crippen molar-refractivity contribution in [3.05, 3.63) is 12.2 Å². The molecule has 0 N–H and O–H groups in total. The average Bonchev–Trinajstić information content (AvgIpc) is 2.80. The summed E-state index contributed by atoms with van der Waals surface area (Å²) in [6.07, 6.45) is 9.82. The molecule has 0 heterocycles. The lowest BCUT2D eigenvalue weighted by Crippen LogP contribution is -2.35. The summed E-state index contributed by atoms with van der Waals surface area (Å²) in [6, 6.07) is -1.46. The number of rotatable bonds is 14. The first-order valence-electron chi connectivity index (χ1n) is 9.76. The highest BCUT2D eigenvalue weighted by molar-refractivity contribution is 5.82. The van der Waals surface area contributed by atoms with Crippen LogP contribution in [-0.2, 0) is 38.2 Å². The number of allylic oxidation sites excluding steroid dienone is 2. The molecular formula is C20H22N4O8. The van der Waals surface area contributed by atoms with Gasteiger partial charge in [-0.1, -0.05) is 12.2 Å². The molecule has 0 aliphatic heterocycles. The summed E-state index contributed by atoms with van der Waals surface area (Å²) in [4.78, 5) is 80.2. The van der Waals surface area contributed by atoms with E-state index in [0.29, 0.717) is 0 Å². The van der Waals surface area contributed by atoms with Crippen molar-refractivity contribution in [2.24, 2.45) is 31.8 Å². The molecule has 0 spiro atoms. The zero-order valence-electron chi connectivity index (χ0n) is 17.2. The van der Waals surface area contributed by atoms with Crippen LogP contribution in [-0.4, -0.2) is 74.6 Å². The number of aliphatic imine (C=N–C) groups is 4. The molecule has 1 aliphatic carbocycles. The molecule has 4 unspecified atom stereocenters. The van der Waals surface area contributed by atoms with Crippen molar-refractivity contribution >= 4 is 36.3 Å². The highest BCUT2D eigenvalue weighted by Gasteiger charge is 2.36. The smallest absolute Gasteiger partial charge is 0.310 e. The highest BCUT2D eigenvalue weighted by Crippen LogP contribution is 2.28. The molecule has 0 aromatic heterocycles. The van der Waals surface area contributed by atoms with E-state index in [4.69, 9.17) is 9.47 Å². The predicted molar refractivity (Wildman–Crippen MR) is 106 cm³/mol. The van der Waals surface area contributed by atoms with E-state index < -0.39 is 35.9 Å². The molecule has 32 heavy (non-hydrogen) atoms. The van der Waals surface area contributed by atoms with Crippen LogP contribution in [0.3, 0.4) is 0 Å². The fraction of sp³-hybridized carbons (Fsp3) is 0.600. The van der Waals surface area contributed by atoms with Gasteiger partial charge < -0.3 is 9.47 Å². The van der Waals surface area contributed by atoms with Gasteiger partial charge in [0.2, 0.25) is 24.3 Å². The Bertz CT molecular complexity index is 793. The molecule has 1 rings (SSSR count). The minimum atomic E-state index is -0.811. The van der Waals surface area contributed by atoms with E-state index in [1.165, 1.54) is 24.3 Å². The van der Waals surface area contributed by atoms with Gasteiger partial charge in [0.05, 0.1) is 37.0 Å². The molecule has 0 bridgehead atoms. The second-order valence-electron chi connectivity index (χ2n) is 6.69. The van der Waals surface area contributed by atoms with Crippen molar-refractivity contribution in [3.8, 4) is 0 Å². The van der Waals surface area contributed by atoms with E-state index in [0.717, 1.165) is 0 Å². The standard InChI is InChI=1S/C20H22N4O8/c25-11-21-7-5-15(23-13-27)9-31-19(29)17-3-1-2-4-18(17)20(30)32-10-16(24-14-28)6-8-22-12-26/h1-2,15-18H,3-10H2. The minimum absolute atomic E-state index is 0.0562. The molecule has 170 valence electrons. The molecule has 0 fully saturated rings. The molecule has 0 aromatic rings. The number of esters is 2. The van der Waals surface area contributed by atoms with Crippen LogP contribution in [0.15, 0.2) is 32.1 Å². The van der Waals surface area contributed by atoms with Crippen LogP contribution in [0, 0.1) is 11.8 Å². The molecule has 1 aliphatic rings. The number of carbonyl (C=O) groups excluding carboxylic acids is 6. The largest absolute Gasteiger partial charge is 0.463 e. The Morgan fingerprint density at radius 1 is 0.750 bits per heavy atom. The van der Waals surface area contributed by atoms with Crippen molar-refractivity contribution in [2.45, 2.75) is 37.8 Å². The third-order valence-electron chi connectivity index (χ3n) is 4.62. The number of ether oxygens (including phenoxy) is 2. The van der Waals surface area contributed by atoms with Gasteiger partial charge >= 0.3 is 11.9 Å². The van der Waals surface area contributed by atoms with Crippen LogP contribution in [0.1, 0.15) is 25.7 Å². The fourth-order valence-corrected chi connectivity index (χ4v) is 2.94. The van der Waals surface area contributed by atoms with Crippen LogP contribution < -0.4 is 0 Å². The van der Waals surface area contributed by atoms with Gasteiger partial charge in [0.15, 0.2) is 0 Å². The second kappa shape index (κ2) is 16.0. The van der Waals surface area contributed by atoms with E-state index in [9.17, 15) is 28.8 Å². The second-order valence-corrected chi connectivity index (χ2v) is 6.69. The number of nitrogens with zero attached hydrogens (tertiary/aromatic N) is 4. The average molecular weight is 446 g/mol.